The standard InChI is InChI=1S/C18H25N3O2/c1-14-4-6-15(7-5-14)13-17(22)20-9-11-21(12-10-20)18(23)16-3-2-8-19-16/h4-7,16,19H,2-3,8-13H2,1H3. The summed E-state index contributed by atoms with van der Waals surface area (Å²) >= 11 is 0. The van der Waals surface area contributed by atoms with Gasteiger partial charge in [0.05, 0.1) is 12.5 Å². The van der Waals surface area contributed by atoms with Gasteiger partial charge in [0.2, 0.25) is 11.8 Å². The van der Waals surface area contributed by atoms with Crippen LogP contribution in [-0.4, -0.2) is 60.4 Å². The molecule has 23 heavy (non-hydrogen) atoms. The Kier molecular flexibility index (Phi) is 4.96. The zero-order valence-corrected chi connectivity index (χ0v) is 13.8. The highest BCUT2D eigenvalue weighted by atomic mass is 16.2. The van der Waals surface area contributed by atoms with E-state index >= 15 is 0 Å². The lowest BCUT2D eigenvalue weighted by Gasteiger charge is -2.36. The van der Waals surface area contributed by atoms with Crippen LogP contribution in [0.2, 0.25) is 0 Å². The lowest BCUT2D eigenvalue weighted by molar-refractivity contribution is -0.140. The smallest absolute Gasteiger partial charge is 0.239 e. The van der Waals surface area contributed by atoms with Gasteiger partial charge in [-0.3, -0.25) is 9.59 Å². The molecule has 2 aliphatic rings. The van der Waals surface area contributed by atoms with Crippen molar-refractivity contribution in [3.8, 4) is 0 Å². The fourth-order valence-corrected chi connectivity index (χ4v) is 3.28. The first-order chi connectivity index (χ1) is 11.1. The highest BCUT2D eigenvalue weighted by molar-refractivity contribution is 5.83. The van der Waals surface area contributed by atoms with Gasteiger partial charge >= 0.3 is 0 Å². The number of carbonyl (C=O) groups excluding carboxylic acids is 2. The van der Waals surface area contributed by atoms with Crippen LogP contribution in [0.1, 0.15) is 24.0 Å². The Morgan fingerprint density at radius 1 is 1.09 bits per heavy atom. The van der Waals surface area contributed by atoms with Crippen LogP contribution < -0.4 is 5.32 Å². The van der Waals surface area contributed by atoms with E-state index < -0.39 is 0 Å². The van der Waals surface area contributed by atoms with Crippen LogP contribution in [0.25, 0.3) is 0 Å². The molecule has 2 amide bonds. The van der Waals surface area contributed by atoms with Crippen molar-refractivity contribution in [3.63, 3.8) is 0 Å². The molecule has 2 heterocycles. The average Bonchev–Trinajstić information content (AvgIpc) is 3.11. The number of nitrogens with one attached hydrogen (secondary N) is 1. The number of hydrogen-bond donors (Lipinski definition) is 1. The Morgan fingerprint density at radius 2 is 1.74 bits per heavy atom. The first kappa shape index (κ1) is 16.0. The zero-order chi connectivity index (χ0) is 16.2. The molecule has 2 fully saturated rings. The Bertz CT molecular complexity index is 556. The van der Waals surface area contributed by atoms with Gasteiger partial charge in [0.25, 0.3) is 0 Å². The van der Waals surface area contributed by atoms with Gasteiger partial charge in [0, 0.05) is 26.2 Å². The first-order valence-corrected chi connectivity index (χ1v) is 8.49. The highest BCUT2D eigenvalue weighted by Gasteiger charge is 2.30. The van der Waals surface area contributed by atoms with Crippen molar-refractivity contribution in [1.29, 1.82) is 0 Å². The van der Waals surface area contributed by atoms with Crippen LogP contribution in [0.3, 0.4) is 0 Å². The second-order valence-corrected chi connectivity index (χ2v) is 6.52. The lowest BCUT2D eigenvalue weighted by Crippen LogP contribution is -2.54. The maximum Gasteiger partial charge on any atom is 0.239 e. The molecule has 1 aromatic carbocycles. The van der Waals surface area contributed by atoms with Gasteiger partial charge in [-0.2, -0.15) is 0 Å². The number of rotatable bonds is 3. The third-order valence-electron chi connectivity index (χ3n) is 4.78. The molecule has 0 spiro atoms. The maximum absolute atomic E-state index is 12.4. The van der Waals surface area contributed by atoms with Gasteiger partial charge in [-0.15, -0.1) is 0 Å². The van der Waals surface area contributed by atoms with Gasteiger partial charge in [-0.1, -0.05) is 29.8 Å². The second-order valence-electron chi connectivity index (χ2n) is 6.52. The zero-order valence-electron chi connectivity index (χ0n) is 13.8. The molecule has 0 aromatic heterocycles. The molecule has 0 saturated carbocycles. The van der Waals surface area contributed by atoms with Crippen LogP contribution in [0.5, 0.6) is 0 Å². The quantitative estimate of drug-likeness (QED) is 0.904. The minimum atomic E-state index is -0.00944. The molecule has 5 heteroatoms. The van der Waals surface area contributed by atoms with Crippen molar-refractivity contribution in [3.05, 3.63) is 35.4 Å². The van der Waals surface area contributed by atoms with Crippen LogP contribution in [0.4, 0.5) is 0 Å². The number of benzene rings is 1. The Labute approximate surface area is 137 Å². The Balaban J connectivity index is 1.49. The summed E-state index contributed by atoms with van der Waals surface area (Å²) in [7, 11) is 0. The van der Waals surface area contributed by atoms with Crippen LogP contribution in [0, 0.1) is 6.92 Å². The van der Waals surface area contributed by atoms with E-state index in [1.165, 1.54) is 5.56 Å². The summed E-state index contributed by atoms with van der Waals surface area (Å²) in [6.45, 7) is 5.56. The predicted octanol–water partition coefficient (Wildman–Crippen LogP) is 0.960. The molecule has 0 radical (unpaired) electrons. The lowest BCUT2D eigenvalue weighted by atomic mass is 10.1. The first-order valence-electron chi connectivity index (χ1n) is 8.49. The van der Waals surface area contributed by atoms with E-state index in [2.05, 4.69) is 5.32 Å². The van der Waals surface area contributed by atoms with Gasteiger partial charge < -0.3 is 15.1 Å². The maximum atomic E-state index is 12.4. The fraction of sp³-hybridized carbons (Fsp3) is 0.556. The number of hydrogen-bond acceptors (Lipinski definition) is 3. The molecule has 3 rings (SSSR count). The number of aryl methyl sites for hydroxylation is 1. The molecule has 1 aromatic rings. The summed E-state index contributed by atoms with van der Waals surface area (Å²) in [5, 5.41) is 3.25. The van der Waals surface area contributed by atoms with Crippen LogP contribution in [-0.2, 0) is 16.0 Å². The summed E-state index contributed by atoms with van der Waals surface area (Å²) in [5.41, 5.74) is 2.25. The number of amides is 2. The SMILES string of the molecule is Cc1ccc(CC(=O)N2CCN(C(=O)C3CCCN3)CC2)cc1. The number of nitrogens with zero attached hydrogens (tertiary/aromatic N) is 2. The largest absolute Gasteiger partial charge is 0.339 e. The summed E-state index contributed by atoms with van der Waals surface area (Å²) in [6, 6.07) is 8.09. The predicted molar refractivity (Wildman–Crippen MR) is 89.1 cm³/mol. The third-order valence-corrected chi connectivity index (χ3v) is 4.78. The molecule has 1 unspecified atom stereocenters. The molecular formula is C18H25N3O2. The molecule has 2 saturated heterocycles. The molecule has 1 atom stereocenters. The Morgan fingerprint density at radius 3 is 2.35 bits per heavy atom. The van der Waals surface area contributed by atoms with E-state index in [0.717, 1.165) is 24.9 Å². The average molecular weight is 315 g/mol. The minimum absolute atomic E-state index is 0.00944. The topological polar surface area (TPSA) is 52.7 Å². The van der Waals surface area contributed by atoms with E-state index in [1.807, 2.05) is 41.0 Å². The Hall–Kier alpha value is -1.88. The summed E-state index contributed by atoms with van der Waals surface area (Å²) in [5.74, 6) is 0.355. The van der Waals surface area contributed by atoms with Crippen LogP contribution in [0.15, 0.2) is 24.3 Å². The fourth-order valence-electron chi connectivity index (χ4n) is 3.28. The summed E-state index contributed by atoms with van der Waals surface area (Å²) < 4.78 is 0. The van der Waals surface area contributed by atoms with Crippen molar-refractivity contribution in [2.45, 2.75) is 32.2 Å². The molecule has 124 valence electrons. The van der Waals surface area contributed by atoms with Crippen molar-refractivity contribution in [2.24, 2.45) is 0 Å². The molecule has 0 aliphatic carbocycles. The minimum Gasteiger partial charge on any atom is -0.339 e. The van der Waals surface area contributed by atoms with Crippen LogP contribution >= 0.6 is 0 Å². The molecule has 2 aliphatic heterocycles. The number of carbonyl (C=O) groups is 2. The summed E-state index contributed by atoms with van der Waals surface area (Å²) in [6.07, 6.45) is 2.45. The molecular weight excluding hydrogens is 290 g/mol. The van der Waals surface area contributed by atoms with E-state index in [0.29, 0.717) is 32.6 Å². The van der Waals surface area contributed by atoms with Crippen molar-refractivity contribution in [1.82, 2.24) is 15.1 Å². The second kappa shape index (κ2) is 7.13. The van der Waals surface area contributed by atoms with Gasteiger partial charge in [-0.05, 0) is 31.9 Å². The number of piperazine rings is 1. The van der Waals surface area contributed by atoms with E-state index in [9.17, 15) is 9.59 Å². The van der Waals surface area contributed by atoms with Crippen molar-refractivity contribution < 1.29 is 9.59 Å². The molecule has 0 bridgehead atoms. The van der Waals surface area contributed by atoms with Gasteiger partial charge in [-0.25, -0.2) is 0 Å². The molecule has 1 N–H and O–H groups in total. The van der Waals surface area contributed by atoms with E-state index in [-0.39, 0.29) is 17.9 Å². The highest BCUT2D eigenvalue weighted by Crippen LogP contribution is 2.12. The monoisotopic (exact) mass is 315 g/mol. The van der Waals surface area contributed by atoms with Crippen molar-refractivity contribution >= 4 is 11.8 Å². The van der Waals surface area contributed by atoms with Gasteiger partial charge in [0.15, 0.2) is 0 Å². The third kappa shape index (κ3) is 3.91. The van der Waals surface area contributed by atoms with Crippen molar-refractivity contribution in [2.75, 3.05) is 32.7 Å². The molecule has 5 nitrogen and oxygen atoms in total. The van der Waals surface area contributed by atoms with E-state index in [4.69, 9.17) is 0 Å². The van der Waals surface area contributed by atoms with Gasteiger partial charge in [0.1, 0.15) is 0 Å². The van der Waals surface area contributed by atoms with E-state index in [1.54, 1.807) is 0 Å². The normalized spacial score (nSPS) is 21.5. The summed E-state index contributed by atoms with van der Waals surface area (Å²) in [4.78, 5) is 28.5.